The Kier molecular flexibility index (Phi) is 7.70. The standard InChI is InChI=1S/C34H38N8O3/c1-19-14-30-40-31(23-10-11-23)41-42(30)18-26(19)22-6-2-20(3-7-22)15-29(37-32(43)24-8-4-21(17-35)5-9-24)33(44)36-25-12-13-27-28(16-25)39-34(45)38-27/h2-3,6-7,12-14,16,18,21,23-24,29H,4-5,8-11,15,17,35H2,1H3,(H,36,44)(H,37,43)(H2,38,39,45)/t21?,24?,29-/m0/s1. The molecule has 6 N–H and O–H groups in total. The highest BCUT2D eigenvalue weighted by Crippen LogP contribution is 2.38. The van der Waals surface area contributed by atoms with Crippen LogP contribution in [-0.4, -0.2) is 49.0 Å². The zero-order valence-corrected chi connectivity index (χ0v) is 25.3. The molecule has 3 aromatic heterocycles. The second-order valence-electron chi connectivity index (χ2n) is 12.7. The number of aromatic nitrogens is 5. The van der Waals surface area contributed by atoms with Crippen LogP contribution in [0.4, 0.5) is 5.69 Å². The Balaban J connectivity index is 1.10. The van der Waals surface area contributed by atoms with Crippen LogP contribution >= 0.6 is 0 Å². The average Bonchev–Trinajstić information content (AvgIpc) is 3.71. The third kappa shape index (κ3) is 6.26. The zero-order chi connectivity index (χ0) is 31.1. The van der Waals surface area contributed by atoms with Gasteiger partial charge in [0, 0.05) is 35.7 Å². The minimum absolute atomic E-state index is 0.102. The smallest absolute Gasteiger partial charge is 0.323 e. The molecule has 0 unspecified atom stereocenters. The monoisotopic (exact) mass is 606 g/mol. The quantitative estimate of drug-likeness (QED) is 0.169. The van der Waals surface area contributed by atoms with E-state index in [0.29, 0.717) is 41.5 Å². The van der Waals surface area contributed by atoms with E-state index in [9.17, 15) is 14.4 Å². The maximum Gasteiger partial charge on any atom is 0.323 e. The van der Waals surface area contributed by atoms with E-state index in [4.69, 9.17) is 15.8 Å². The van der Waals surface area contributed by atoms with Gasteiger partial charge in [-0.3, -0.25) is 9.59 Å². The van der Waals surface area contributed by atoms with E-state index < -0.39 is 6.04 Å². The Labute approximate surface area is 260 Å². The summed E-state index contributed by atoms with van der Waals surface area (Å²) in [6.07, 6.45) is 8.04. The topological polar surface area (TPSA) is 163 Å². The van der Waals surface area contributed by atoms with Crippen LogP contribution in [-0.2, 0) is 16.0 Å². The van der Waals surface area contributed by atoms with Crippen LogP contribution in [0, 0.1) is 18.8 Å². The molecule has 1 atom stereocenters. The van der Waals surface area contributed by atoms with Gasteiger partial charge in [0.25, 0.3) is 0 Å². The number of nitrogens with two attached hydrogens (primary N) is 1. The van der Waals surface area contributed by atoms with E-state index in [-0.39, 0.29) is 23.4 Å². The summed E-state index contributed by atoms with van der Waals surface area (Å²) < 4.78 is 1.86. The molecule has 7 rings (SSSR count). The largest absolute Gasteiger partial charge is 0.344 e. The van der Waals surface area contributed by atoms with Crippen LogP contribution in [0.5, 0.6) is 0 Å². The van der Waals surface area contributed by atoms with Crippen molar-refractivity contribution in [1.29, 1.82) is 0 Å². The van der Waals surface area contributed by atoms with Gasteiger partial charge in [-0.25, -0.2) is 14.3 Å². The van der Waals surface area contributed by atoms with Gasteiger partial charge in [-0.1, -0.05) is 24.3 Å². The molecule has 0 bridgehead atoms. The van der Waals surface area contributed by atoms with E-state index in [1.54, 1.807) is 18.2 Å². The molecule has 2 aliphatic carbocycles. The predicted octanol–water partition coefficient (Wildman–Crippen LogP) is 4.18. The van der Waals surface area contributed by atoms with Gasteiger partial charge in [0.2, 0.25) is 11.8 Å². The summed E-state index contributed by atoms with van der Waals surface area (Å²) >= 11 is 0. The maximum absolute atomic E-state index is 13.6. The molecule has 11 nitrogen and oxygen atoms in total. The van der Waals surface area contributed by atoms with Crippen LogP contribution in [0.3, 0.4) is 0 Å². The number of hydrogen-bond donors (Lipinski definition) is 5. The Hall–Kier alpha value is -4.77. The molecule has 2 aliphatic rings. The number of rotatable bonds is 9. The van der Waals surface area contributed by atoms with Gasteiger partial charge in [-0.15, -0.1) is 0 Å². The van der Waals surface area contributed by atoms with Crippen molar-refractivity contribution in [2.75, 3.05) is 11.9 Å². The fourth-order valence-corrected chi connectivity index (χ4v) is 6.41. The van der Waals surface area contributed by atoms with E-state index >= 15 is 0 Å². The molecule has 11 heteroatoms. The molecule has 5 aromatic rings. The predicted molar refractivity (Wildman–Crippen MR) is 173 cm³/mol. The van der Waals surface area contributed by atoms with Crippen molar-refractivity contribution in [3.63, 3.8) is 0 Å². The first-order chi connectivity index (χ1) is 21.8. The van der Waals surface area contributed by atoms with Crippen molar-refractivity contribution in [2.24, 2.45) is 17.6 Å². The van der Waals surface area contributed by atoms with Crippen LogP contribution < -0.4 is 22.1 Å². The van der Waals surface area contributed by atoms with Gasteiger partial charge in [-0.05, 0) is 98.9 Å². The van der Waals surface area contributed by atoms with E-state index in [1.807, 2.05) is 35.0 Å². The SMILES string of the molecule is Cc1cc2nc(C3CC3)nn2cc1-c1ccc(C[C@H](NC(=O)C2CCC(CN)CC2)C(=O)Nc2ccc3[nH]c(=O)[nH]c3c2)cc1. The van der Waals surface area contributed by atoms with Gasteiger partial charge in [0.15, 0.2) is 11.5 Å². The summed E-state index contributed by atoms with van der Waals surface area (Å²) in [5, 5.41) is 10.7. The number of imidazole rings is 1. The molecule has 3 heterocycles. The van der Waals surface area contributed by atoms with Gasteiger partial charge in [0.05, 0.1) is 11.0 Å². The Morgan fingerprint density at radius 1 is 1.00 bits per heavy atom. The lowest BCUT2D eigenvalue weighted by Crippen LogP contribution is -2.48. The Bertz CT molecular complexity index is 1930. The fourth-order valence-electron chi connectivity index (χ4n) is 6.41. The number of pyridine rings is 1. The molecule has 0 spiro atoms. The van der Waals surface area contributed by atoms with Crippen LogP contribution in [0.25, 0.3) is 27.8 Å². The van der Waals surface area contributed by atoms with Crippen molar-refractivity contribution < 1.29 is 9.59 Å². The van der Waals surface area contributed by atoms with Crippen molar-refractivity contribution in [2.45, 2.75) is 63.8 Å². The normalized spacial score (nSPS) is 19.1. The van der Waals surface area contributed by atoms with E-state index in [1.165, 1.54) is 0 Å². The Morgan fingerprint density at radius 3 is 2.49 bits per heavy atom. The number of carbonyl (C=O) groups is 2. The van der Waals surface area contributed by atoms with E-state index in [2.05, 4.69) is 33.6 Å². The number of hydrogen-bond acceptors (Lipinski definition) is 6. The van der Waals surface area contributed by atoms with Gasteiger partial charge in [0.1, 0.15) is 6.04 Å². The highest BCUT2D eigenvalue weighted by molar-refractivity contribution is 5.98. The number of carbonyl (C=O) groups excluding carboxylic acids is 2. The maximum atomic E-state index is 13.6. The lowest BCUT2D eigenvalue weighted by atomic mass is 9.81. The molecule has 45 heavy (non-hydrogen) atoms. The summed E-state index contributed by atoms with van der Waals surface area (Å²) in [5.74, 6) is 1.30. The molecule has 2 fully saturated rings. The van der Waals surface area contributed by atoms with Crippen molar-refractivity contribution in [3.8, 4) is 11.1 Å². The number of nitrogens with one attached hydrogen (secondary N) is 4. The summed E-state index contributed by atoms with van der Waals surface area (Å²) in [4.78, 5) is 48.9. The van der Waals surface area contributed by atoms with E-state index in [0.717, 1.165) is 72.3 Å². The molecule has 2 saturated carbocycles. The highest BCUT2D eigenvalue weighted by atomic mass is 16.2. The second kappa shape index (κ2) is 12.0. The molecule has 2 aromatic carbocycles. The molecule has 0 radical (unpaired) electrons. The van der Waals surface area contributed by atoms with Crippen molar-refractivity contribution in [1.82, 2.24) is 29.9 Å². The molecule has 2 amide bonds. The van der Waals surface area contributed by atoms with Crippen molar-refractivity contribution >= 4 is 34.2 Å². The number of benzene rings is 2. The first-order valence-corrected chi connectivity index (χ1v) is 15.8. The lowest BCUT2D eigenvalue weighted by molar-refractivity contribution is -0.130. The van der Waals surface area contributed by atoms with Crippen LogP contribution in [0.15, 0.2) is 59.5 Å². The molecule has 0 aliphatic heterocycles. The number of aryl methyl sites for hydroxylation is 1. The summed E-state index contributed by atoms with van der Waals surface area (Å²) in [7, 11) is 0. The second-order valence-corrected chi connectivity index (χ2v) is 12.7. The summed E-state index contributed by atoms with van der Waals surface area (Å²) in [5.41, 5.74) is 12.3. The first-order valence-electron chi connectivity index (χ1n) is 15.8. The third-order valence-electron chi connectivity index (χ3n) is 9.31. The highest BCUT2D eigenvalue weighted by Gasteiger charge is 2.30. The molecular formula is C34H38N8O3. The summed E-state index contributed by atoms with van der Waals surface area (Å²) in [6.45, 7) is 2.71. The number of fused-ring (bicyclic) bond motifs is 2. The van der Waals surface area contributed by atoms with Gasteiger partial charge >= 0.3 is 5.69 Å². The number of H-pyrrole nitrogens is 2. The lowest BCUT2D eigenvalue weighted by Gasteiger charge is -2.28. The minimum atomic E-state index is -0.786. The summed E-state index contributed by atoms with van der Waals surface area (Å²) in [6, 6.07) is 14.5. The third-order valence-corrected chi connectivity index (χ3v) is 9.31. The Morgan fingerprint density at radius 2 is 1.76 bits per heavy atom. The van der Waals surface area contributed by atoms with Crippen molar-refractivity contribution in [3.05, 3.63) is 82.2 Å². The minimum Gasteiger partial charge on any atom is -0.344 e. The number of anilines is 1. The molecular weight excluding hydrogens is 568 g/mol. The number of amides is 2. The fraction of sp³-hybridized carbons (Fsp3) is 0.382. The van der Waals surface area contributed by atoms with Gasteiger partial charge in [-0.2, -0.15) is 5.10 Å². The van der Waals surface area contributed by atoms with Gasteiger partial charge < -0.3 is 26.3 Å². The molecule has 232 valence electrons. The van der Waals surface area contributed by atoms with Crippen LogP contribution in [0.1, 0.15) is 61.4 Å². The van der Waals surface area contributed by atoms with Crippen LogP contribution in [0.2, 0.25) is 0 Å². The zero-order valence-electron chi connectivity index (χ0n) is 25.3. The average molecular weight is 607 g/mol. The molecule has 0 saturated heterocycles. The number of aromatic amines is 2. The first kappa shape index (κ1) is 29.0. The number of nitrogens with zero attached hydrogens (tertiary/aromatic N) is 3.